The van der Waals surface area contributed by atoms with Gasteiger partial charge >= 0.3 is 0 Å². The molecular formula is C27H26. The molecule has 0 amide bonds. The Labute approximate surface area is 162 Å². The molecule has 1 atom stereocenters. The van der Waals surface area contributed by atoms with E-state index in [4.69, 9.17) is 0 Å². The smallest absolute Gasteiger partial charge is 0.00668 e. The topological polar surface area (TPSA) is 0 Å². The second kappa shape index (κ2) is 6.23. The van der Waals surface area contributed by atoms with Crippen molar-refractivity contribution in [3.8, 4) is 11.1 Å². The molecule has 27 heavy (non-hydrogen) atoms. The second-order valence-corrected chi connectivity index (χ2v) is 8.35. The summed E-state index contributed by atoms with van der Waals surface area (Å²) in [5, 5.41) is 2.83. The van der Waals surface area contributed by atoms with E-state index < -0.39 is 0 Å². The lowest BCUT2D eigenvalue weighted by Gasteiger charge is -2.30. The van der Waals surface area contributed by atoms with Gasteiger partial charge in [0.25, 0.3) is 0 Å². The predicted octanol–water partition coefficient (Wildman–Crippen LogP) is 7.42. The van der Waals surface area contributed by atoms with E-state index >= 15 is 0 Å². The average molecular weight is 351 g/mol. The standard InChI is InChI=1S/C27H26/c1-17-7-9-20(10-8-17)26-16-18(2)15-21-11-12-24-23-6-4-5-19(3)22(23)13-14-25(24)27(21)26/h4,6-12,15-16,19H,5,13-14H2,1-3H3. The normalized spacial score (nSPS) is 18.6. The zero-order chi connectivity index (χ0) is 18.5. The van der Waals surface area contributed by atoms with Gasteiger partial charge in [0.1, 0.15) is 0 Å². The number of benzene rings is 3. The van der Waals surface area contributed by atoms with Crippen molar-refractivity contribution in [3.63, 3.8) is 0 Å². The van der Waals surface area contributed by atoms with Crippen LogP contribution in [0, 0.1) is 19.8 Å². The van der Waals surface area contributed by atoms with Crippen LogP contribution in [0.25, 0.3) is 27.5 Å². The van der Waals surface area contributed by atoms with E-state index in [9.17, 15) is 0 Å². The van der Waals surface area contributed by atoms with Gasteiger partial charge in [-0.25, -0.2) is 0 Å². The van der Waals surface area contributed by atoms with Crippen LogP contribution in [0.2, 0.25) is 0 Å². The lowest BCUT2D eigenvalue weighted by atomic mass is 9.75. The van der Waals surface area contributed by atoms with Crippen molar-refractivity contribution in [2.24, 2.45) is 5.92 Å². The number of hydrogen-bond acceptors (Lipinski definition) is 0. The molecule has 2 aliphatic carbocycles. The molecule has 2 aliphatic rings. The molecule has 0 saturated heterocycles. The molecule has 0 aromatic heterocycles. The van der Waals surface area contributed by atoms with E-state index in [1.807, 2.05) is 0 Å². The Bertz CT molecular complexity index is 1110. The number of rotatable bonds is 1. The minimum Gasteiger partial charge on any atom is -0.0833 e. The van der Waals surface area contributed by atoms with Gasteiger partial charge in [-0.15, -0.1) is 0 Å². The zero-order valence-electron chi connectivity index (χ0n) is 16.5. The van der Waals surface area contributed by atoms with Crippen LogP contribution in [0.15, 0.2) is 66.3 Å². The van der Waals surface area contributed by atoms with Crippen LogP contribution in [-0.2, 0) is 6.42 Å². The van der Waals surface area contributed by atoms with Gasteiger partial charge in [-0.2, -0.15) is 0 Å². The summed E-state index contributed by atoms with van der Waals surface area (Å²) < 4.78 is 0. The lowest BCUT2D eigenvalue weighted by molar-refractivity contribution is 0.645. The Kier molecular flexibility index (Phi) is 3.82. The van der Waals surface area contributed by atoms with Crippen LogP contribution in [0.5, 0.6) is 0 Å². The van der Waals surface area contributed by atoms with E-state index in [-0.39, 0.29) is 0 Å². The van der Waals surface area contributed by atoms with Crippen molar-refractivity contribution < 1.29 is 0 Å². The summed E-state index contributed by atoms with van der Waals surface area (Å²) in [6.07, 6.45) is 8.28. The maximum atomic E-state index is 2.38. The zero-order valence-corrected chi connectivity index (χ0v) is 16.5. The minimum absolute atomic E-state index is 0.684. The summed E-state index contributed by atoms with van der Waals surface area (Å²) in [4.78, 5) is 0. The number of hydrogen-bond donors (Lipinski definition) is 0. The third-order valence-corrected chi connectivity index (χ3v) is 6.38. The molecular weight excluding hydrogens is 324 g/mol. The van der Waals surface area contributed by atoms with Gasteiger partial charge in [0.2, 0.25) is 0 Å². The molecule has 0 aliphatic heterocycles. The Morgan fingerprint density at radius 2 is 1.63 bits per heavy atom. The van der Waals surface area contributed by atoms with Crippen LogP contribution < -0.4 is 0 Å². The number of aryl methyl sites for hydroxylation is 3. The lowest BCUT2D eigenvalue weighted by Crippen LogP contribution is -2.13. The van der Waals surface area contributed by atoms with E-state index in [2.05, 4.69) is 81.5 Å². The van der Waals surface area contributed by atoms with Gasteiger partial charge in [-0.05, 0) is 83.2 Å². The SMILES string of the molecule is Cc1ccc(-c2cc(C)cc3ccc4c(c23)CCC2=C4C=CCC2C)cc1. The van der Waals surface area contributed by atoms with Gasteiger partial charge in [-0.3, -0.25) is 0 Å². The average Bonchev–Trinajstić information content (AvgIpc) is 2.67. The van der Waals surface area contributed by atoms with E-state index in [0.717, 1.165) is 6.42 Å². The molecule has 0 fully saturated rings. The highest BCUT2D eigenvalue weighted by atomic mass is 14.3. The molecule has 0 bridgehead atoms. The summed E-state index contributed by atoms with van der Waals surface area (Å²) in [5.41, 5.74) is 11.5. The molecule has 3 aromatic rings. The van der Waals surface area contributed by atoms with Crippen molar-refractivity contribution in [3.05, 3.63) is 88.5 Å². The molecule has 3 aromatic carbocycles. The van der Waals surface area contributed by atoms with Crippen LogP contribution in [0.4, 0.5) is 0 Å². The number of fused-ring (bicyclic) bond motifs is 4. The Hall–Kier alpha value is -2.60. The fourth-order valence-corrected chi connectivity index (χ4v) is 4.97. The highest BCUT2D eigenvalue weighted by molar-refractivity contribution is 6.03. The van der Waals surface area contributed by atoms with Gasteiger partial charge in [0, 0.05) is 0 Å². The molecule has 134 valence electrons. The summed E-state index contributed by atoms with van der Waals surface area (Å²) in [7, 11) is 0. The second-order valence-electron chi connectivity index (χ2n) is 8.35. The van der Waals surface area contributed by atoms with Crippen molar-refractivity contribution >= 4 is 16.3 Å². The largest absolute Gasteiger partial charge is 0.0833 e. The van der Waals surface area contributed by atoms with Crippen molar-refractivity contribution in [1.29, 1.82) is 0 Å². The van der Waals surface area contributed by atoms with Crippen molar-refractivity contribution in [1.82, 2.24) is 0 Å². The fourth-order valence-electron chi connectivity index (χ4n) is 4.97. The third-order valence-electron chi connectivity index (χ3n) is 6.38. The molecule has 5 rings (SSSR count). The Morgan fingerprint density at radius 3 is 2.44 bits per heavy atom. The van der Waals surface area contributed by atoms with Gasteiger partial charge < -0.3 is 0 Å². The van der Waals surface area contributed by atoms with E-state index in [0.29, 0.717) is 5.92 Å². The first-order valence-corrected chi connectivity index (χ1v) is 10.1. The molecule has 1 unspecified atom stereocenters. The highest BCUT2D eigenvalue weighted by Gasteiger charge is 2.25. The minimum atomic E-state index is 0.684. The summed E-state index contributed by atoms with van der Waals surface area (Å²) in [6.45, 7) is 6.75. The van der Waals surface area contributed by atoms with Crippen molar-refractivity contribution in [2.75, 3.05) is 0 Å². The van der Waals surface area contributed by atoms with Crippen molar-refractivity contribution in [2.45, 2.75) is 40.0 Å². The summed E-state index contributed by atoms with van der Waals surface area (Å²) in [6, 6.07) is 18.4. The molecule has 0 spiro atoms. The van der Waals surface area contributed by atoms with Gasteiger partial charge in [0.05, 0.1) is 0 Å². The molecule has 0 saturated carbocycles. The first-order chi connectivity index (χ1) is 13.1. The van der Waals surface area contributed by atoms with Crippen LogP contribution in [0.1, 0.15) is 42.0 Å². The first kappa shape index (κ1) is 16.6. The summed E-state index contributed by atoms with van der Waals surface area (Å²) >= 11 is 0. The fraction of sp³-hybridized carbons (Fsp3) is 0.259. The van der Waals surface area contributed by atoms with E-state index in [1.54, 1.807) is 11.1 Å². The van der Waals surface area contributed by atoms with Gasteiger partial charge in [0.15, 0.2) is 0 Å². The van der Waals surface area contributed by atoms with Crippen LogP contribution >= 0.6 is 0 Å². The Morgan fingerprint density at radius 1 is 0.815 bits per heavy atom. The van der Waals surface area contributed by atoms with Crippen LogP contribution in [0.3, 0.4) is 0 Å². The predicted molar refractivity (Wildman–Crippen MR) is 117 cm³/mol. The van der Waals surface area contributed by atoms with E-state index in [1.165, 1.54) is 57.0 Å². The Balaban J connectivity index is 1.82. The first-order valence-electron chi connectivity index (χ1n) is 10.1. The molecule has 0 heteroatoms. The highest BCUT2D eigenvalue weighted by Crippen LogP contribution is 2.44. The molecule has 0 N–H and O–H groups in total. The maximum absolute atomic E-state index is 2.38. The summed E-state index contributed by atoms with van der Waals surface area (Å²) in [5.74, 6) is 0.684. The maximum Gasteiger partial charge on any atom is -0.00668 e. The molecule has 0 radical (unpaired) electrons. The monoisotopic (exact) mass is 350 g/mol. The molecule has 0 heterocycles. The van der Waals surface area contributed by atoms with Crippen LogP contribution in [-0.4, -0.2) is 0 Å². The quantitative estimate of drug-likeness (QED) is 0.428. The number of allylic oxidation sites excluding steroid dienone is 4. The third kappa shape index (κ3) is 2.67. The molecule has 0 nitrogen and oxygen atoms in total. The van der Waals surface area contributed by atoms with Gasteiger partial charge in [-0.1, -0.05) is 78.7 Å².